The van der Waals surface area contributed by atoms with Crippen molar-refractivity contribution in [1.82, 2.24) is 4.90 Å². The van der Waals surface area contributed by atoms with Crippen molar-refractivity contribution in [3.63, 3.8) is 0 Å². The zero-order chi connectivity index (χ0) is 21.4. The molecule has 30 heavy (non-hydrogen) atoms. The predicted molar refractivity (Wildman–Crippen MR) is 121 cm³/mol. The van der Waals surface area contributed by atoms with Crippen LogP contribution in [0, 0.1) is 0 Å². The quantitative estimate of drug-likeness (QED) is 0.560. The van der Waals surface area contributed by atoms with Gasteiger partial charge in [0.15, 0.2) is 0 Å². The molecule has 0 radical (unpaired) electrons. The summed E-state index contributed by atoms with van der Waals surface area (Å²) in [7, 11) is 0. The van der Waals surface area contributed by atoms with Crippen LogP contribution in [-0.4, -0.2) is 35.8 Å². The SMILES string of the molecule is CC(C)(C)OC(=O)N1CCCCC1CCOc1ccccc1CCc1ccccc1. The largest absolute Gasteiger partial charge is 0.493 e. The summed E-state index contributed by atoms with van der Waals surface area (Å²) in [5, 5.41) is 0. The first-order valence-corrected chi connectivity index (χ1v) is 11.2. The Bertz CT molecular complexity index is 797. The summed E-state index contributed by atoms with van der Waals surface area (Å²) in [5.41, 5.74) is 2.10. The van der Waals surface area contributed by atoms with Crippen LogP contribution in [0.5, 0.6) is 5.75 Å². The molecular weight excluding hydrogens is 374 g/mol. The molecule has 4 heteroatoms. The Labute approximate surface area is 181 Å². The molecule has 3 rings (SSSR count). The fourth-order valence-corrected chi connectivity index (χ4v) is 3.94. The Balaban J connectivity index is 1.54. The Morgan fingerprint density at radius 2 is 1.73 bits per heavy atom. The van der Waals surface area contributed by atoms with Crippen molar-refractivity contribution in [2.45, 2.75) is 70.9 Å². The smallest absolute Gasteiger partial charge is 0.410 e. The van der Waals surface area contributed by atoms with Gasteiger partial charge in [0.05, 0.1) is 6.61 Å². The lowest BCUT2D eigenvalue weighted by Crippen LogP contribution is -2.46. The van der Waals surface area contributed by atoms with Gasteiger partial charge in [-0.15, -0.1) is 0 Å². The van der Waals surface area contributed by atoms with Crippen molar-refractivity contribution in [3.05, 3.63) is 65.7 Å². The standard InChI is InChI=1S/C26H35NO3/c1-26(2,3)30-25(28)27-19-10-9-14-23(27)18-20-29-24-15-8-7-13-22(24)17-16-21-11-5-4-6-12-21/h4-8,11-13,15,23H,9-10,14,16-20H2,1-3H3. The van der Waals surface area contributed by atoms with E-state index in [0.717, 1.165) is 50.8 Å². The summed E-state index contributed by atoms with van der Waals surface area (Å²) >= 11 is 0. The highest BCUT2D eigenvalue weighted by Gasteiger charge is 2.30. The van der Waals surface area contributed by atoms with Crippen LogP contribution in [0.25, 0.3) is 0 Å². The Morgan fingerprint density at radius 3 is 2.50 bits per heavy atom. The van der Waals surface area contributed by atoms with Crippen molar-refractivity contribution in [1.29, 1.82) is 0 Å². The fraction of sp³-hybridized carbons (Fsp3) is 0.500. The second-order valence-electron chi connectivity index (χ2n) is 9.05. The van der Waals surface area contributed by atoms with Gasteiger partial charge in [-0.25, -0.2) is 4.79 Å². The highest BCUT2D eigenvalue weighted by Crippen LogP contribution is 2.24. The summed E-state index contributed by atoms with van der Waals surface area (Å²) in [4.78, 5) is 14.5. The van der Waals surface area contributed by atoms with Crippen LogP contribution in [0.2, 0.25) is 0 Å². The molecular formula is C26H35NO3. The molecule has 1 atom stereocenters. The number of para-hydroxylation sites is 1. The first-order chi connectivity index (χ1) is 14.4. The van der Waals surface area contributed by atoms with Crippen LogP contribution in [0.15, 0.2) is 54.6 Å². The van der Waals surface area contributed by atoms with E-state index in [1.54, 1.807) is 0 Å². The highest BCUT2D eigenvalue weighted by molar-refractivity contribution is 5.68. The molecule has 2 aromatic carbocycles. The zero-order valence-electron chi connectivity index (χ0n) is 18.6. The van der Waals surface area contributed by atoms with Crippen LogP contribution >= 0.6 is 0 Å². The maximum Gasteiger partial charge on any atom is 0.410 e. The molecule has 1 unspecified atom stereocenters. The lowest BCUT2D eigenvalue weighted by atomic mass is 10.00. The number of amides is 1. The van der Waals surface area contributed by atoms with E-state index in [1.807, 2.05) is 43.9 Å². The monoisotopic (exact) mass is 409 g/mol. The van der Waals surface area contributed by atoms with Gasteiger partial charge in [-0.3, -0.25) is 0 Å². The van der Waals surface area contributed by atoms with E-state index in [1.165, 1.54) is 11.1 Å². The summed E-state index contributed by atoms with van der Waals surface area (Å²) in [6, 6.07) is 19.0. The lowest BCUT2D eigenvalue weighted by molar-refractivity contribution is 0.00742. The van der Waals surface area contributed by atoms with Crippen LogP contribution in [0.3, 0.4) is 0 Å². The first kappa shape index (κ1) is 22.2. The van der Waals surface area contributed by atoms with Gasteiger partial charge in [0.2, 0.25) is 0 Å². The number of benzene rings is 2. The number of nitrogens with zero attached hydrogens (tertiary/aromatic N) is 1. The molecule has 0 aromatic heterocycles. The van der Waals surface area contributed by atoms with Crippen molar-refractivity contribution in [3.8, 4) is 5.75 Å². The third kappa shape index (κ3) is 6.79. The van der Waals surface area contributed by atoms with Gasteiger partial charge < -0.3 is 14.4 Å². The molecule has 4 nitrogen and oxygen atoms in total. The molecule has 1 amide bonds. The van der Waals surface area contributed by atoms with E-state index in [2.05, 4.69) is 36.4 Å². The zero-order valence-corrected chi connectivity index (χ0v) is 18.6. The van der Waals surface area contributed by atoms with Gasteiger partial charge in [-0.1, -0.05) is 48.5 Å². The van der Waals surface area contributed by atoms with Crippen molar-refractivity contribution in [2.24, 2.45) is 0 Å². The molecule has 1 saturated heterocycles. The van der Waals surface area contributed by atoms with E-state index in [4.69, 9.17) is 9.47 Å². The third-order valence-corrected chi connectivity index (χ3v) is 5.46. The molecule has 2 aromatic rings. The summed E-state index contributed by atoms with van der Waals surface area (Å²) in [6.07, 6.45) is 5.78. The number of aryl methyl sites for hydroxylation is 2. The topological polar surface area (TPSA) is 38.8 Å². The van der Waals surface area contributed by atoms with Crippen LogP contribution < -0.4 is 4.74 Å². The molecule has 1 aliphatic rings. The molecule has 162 valence electrons. The number of piperidine rings is 1. The Morgan fingerprint density at radius 1 is 1.00 bits per heavy atom. The number of ether oxygens (including phenoxy) is 2. The maximum atomic E-state index is 12.6. The van der Waals surface area contributed by atoms with E-state index in [9.17, 15) is 4.79 Å². The van der Waals surface area contributed by atoms with Crippen LogP contribution in [0.4, 0.5) is 4.79 Å². The lowest BCUT2D eigenvalue weighted by Gasteiger charge is -2.36. The van der Waals surface area contributed by atoms with Gasteiger partial charge in [-0.2, -0.15) is 0 Å². The minimum atomic E-state index is -0.465. The summed E-state index contributed by atoms with van der Waals surface area (Å²) in [6.45, 7) is 7.12. The molecule has 1 fully saturated rings. The number of carbonyl (C=O) groups is 1. The number of rotatable bonds is 7. The van der Waals surface area contributed by atoms with E-state index >= 15 is 0 Å². The second kappa shape index (κ2) is 10.5. The number of hydrogen-bond acceptors (Lipinski definition) is 3. The van der Waals surface area contributed by atoms with Crippen LogP contribution in [-0.2, 0) is 17.6 Å². The summed E-state index contributed by atoms with van der Waals surface area (Å²) in [5.74, 6) is 0.952. The van der Waals surface area contributed by atoms with Gasteiger partial charge >= 0.3 is 6.09 Å². The molecule has 0 aliphatic carbocycles. The van der Waals surface area contributed by atoms with E-state index in [-0.39, 0.29) is 12.1 Å². The van der Waals surface area contributed by atoms with Gasteiger partial charge in [0.1, 0.15) is 11.4 Å². The molecule has 0 saturated carbocycles. The third-order valence-electron chi connectivity index (χ3n) is 5.46. The van der Waals surface area contributed by atoms with Gasteiger partial charge in [0.25, 0.3) is 0 Å². The minimum absolute atomic E-state index is 0.185. The average Bonchev–Trinajstić information content (AvgIpc) is 2.73. The highest BCUT2D eigenvalue weighted by atomic mass is 16.6. The minimum Gasteiger partial charge on any atom is -0.493 e. The van der Waals surface area contributed by atoms with Gasteiger partial charge in [-0.05, 0) is 70.1 Å². The number of hydrogen-bond donors (Lipinski definition) is 0. The van der Waals surface area contributed by atoms with E-state index < -0.39 is 5.60 Å². The summed E-state index contributed by atoms with van der Waals surface area (Å²) < 4.78 is 11.8. The second-order valence-corrected chi connectivity index (χ2v) is 9.05. The normalized spacial score (nSPS) is 16.9. The molecule has 0 bridgehead atoms. The van der Waals surface area contributed by atoms with Crippen molar-refractivity contribution >= 4 is 6.09 Å². The van der Waals surface area contributed by atoms with Crippen LogP contribution in [0.1, 0.15) is 57.6 Å². The fourth-order valence-electron chi connectivity index (χ4n) is 3.94. The average molecular weight is 410 g/mol. The van der Waals surface area contributed by atoms with E-state index in [0.29, 0.717) is 6.61 Å². The molecule has 0 spiro atoms. The molecule has 1 heterocycles. The Hall–Kier alpha value is -2.49. The number of likely N-dealkylation sites (tertiary alicyclic amines) is 1. The van der Waals surface area contributed by atoms with Crippen molar-refractivity contribution < 1.29 is 14.3 Å². The molecule has 1 aliphatic heterocycles. The van der Waals surface area contributed by atoms with Crippen molar-refractivity contribution in [2.75, 3.05) is 13.2 Å². The molecule has 0 N–H and O–H groups in total. The maximum absolute atomic E-state index is 12.6. The Kier molecular flexibility index (Phi) is 7.78. The van der Waals surface area contributed by atoms with Gasteiger partial charge in [0, 0.05) is 19.0 Å². The predicted octanol–water partition coefficient (Wildman–Crippen LogP) is 6.03. The first-order valence-electron chi connectivity index (χ1n) is 11.2. The number of carbonyl (C=O) groups excluding carboxylic acids is 1.